The van der Waals surface area contributed by atoms with Crippen molar-refractivity contribution in [1.82, 2.24) is 10.2 Å². The largest absolute Gasteiger partial charge is 0.330 e. The third-order valence-electron chi connectivity index (χ3n) is 1.63. The van der Waals surface area contributed by atoms with Crippen molar-refractivity contribution in [2.75, 3.05) is 6.54 Å². The topological polar surface area (TPSA) is 51.8 Å². The average Bonchev–Trinajstić information content (AvgIpc) is 2.08. The van der Waals surface area contributed by atoms with Gasteiger partial charge in [0.15, 0.2) is 10.3 Å². The lowest BCUT2D eigenvalue weighted by molar-refractivity contribution is 0.762. The van der Waals surface area contributed by atoms with Gasteiger partial charge >= 0.3 is 0 Å². The van der Waals surface area contributed by atoms with Crippen LogP contribution in [-0.2, 0) is 0 Å². The zero-order valence-corrected chi connectivity index (χ0v) is 8.10. The molecule has 2 N–H and O–H groups in total. The number of aromatic nitrogens is 2. The summed E-state index contributed by atoms with van der Waals surface area (Å²) in [6.07, 6.45) is 0. The first-order valence-corrected chi connectivity index (χ1v) is 4.29. The van der Waals surface area contributed by atoms with E-state index < -0.39 is 0 Å². The molecule has 5 heteroatoms. The second-order valence-corrected chi connectivity index (χ2v) is 3.30. The van der Waals surface area contributed by atoms with Crippen LogP contribution in [0.1, 0.15) is 18.4 Å². The van der Waals surface area contributed by atoms with Gasteiger partial charge in [0.1, 0.15) is 0 Å². The maximum Gasteiger partial charge on any atom is 0.155 e. The predicted octanol–water partition coefficient (Wildman–Crippen LogP) is 1.85. The molecule has 0 aliphatic rings. The number of rotatable bonds is 2. The van der Waals surface area contributed by atoms with Crippen molar-refractivity contribution in [1.29, 1.82) is 0 Å². The highest BCUT2D eigenvalue weighted by atomic mass is 35.5. The van der Waals surface area contributed by atoms with Crippen molar-refractivity contribution >= 4 is 23.2 Å². The van der Waals surface area contributed by atoms with E-state index in [1.54, 1.807) is 6.07 Å². The minimum absolute atomic E-state index is 0.158. The fourth-order valence-corrected chi connectivity index (χ4v) is 1.27. The summed E-state index contributed by atoms with van der Waals surface area (Å²) in [5.74, 6) is 0.158. The minimum atomic E-state index is 0.158. The normalized spacial score (nSPS) is 13.0. The summed E-state index contributed by atoms with van der Waals surface area (Å²) in [5, 5.41) is 7.99. The predicted molar refractivity (Wildman–Crippen MR) is 49.5 cm³/mol. The van der Waals surface area contributed by atoms with Crippen LogP contribution in [-0.4, -0.2) is 16.7 Å². The second-order valence-electron chi connectivity index (χ2n) is 2.55. The van der Waals surface area contributed by atoms with E-state index in [0.29, 0.717) is 16.9 Å². The molecule has 66 valence electrons. The van der Waals surface area contributed by atoms with E-state index in [0.717, 1.165) is 5.56 Å². The third-order valence-corrected chi connectivity index (χ3v) is 2.11. The Hall–Kier alpha value is -0.380. The van der Waals surface area contributed by atoms with Crippen molar-refractivity contribution < 1.29 is 0 Å². The van der Waals surface area contributed by atoms with Gasteiger partial charge in [-0.25, -0.2) is 0 Å². The maximum atomic E-state index is 5.78. The van der Waals surface area contributed by atoms with E-state index in [4.69, 9.17) is 28.9 Å². The van der Waals surface area contributed by atoms with Gasteiger partial charge in [-0.05, 0) is 24.1 Å². The Kier molecular flexibility index (Phi) is 3.26. The molecule has 1 atom stereocenters. The quantitative estimate of drug-likeness (QED) is 0.803. The van der Waals surface area contributed by atoms with Gasteiger partial charge in [0.25, 0.3) is 0 Å². The second kappa shape index (κ2) is 4.03. The molecule has 12 heavy (non-hydrogen) atoms. The van der Waals surface area contributed by atoms with Gasteiger partial charge in [0, 0.05) is 0 Å². The van der Waals surface area contributed by atoms with Gasteiger partial charge in [0.2, 0.25) is 0 Å². The van der Waals surface area contributed by atoms with Crippen LogP contribution < -0.4 is 5.73 Å². The lowest BCUT2D eigenvalue weighted by Crippen LogP contribution is -2.10. The van der Waals surface area contributed by atoms with E-state index in [2.05, 4.69) is 10.2 Å². The summed E-state index contributed by atoms with van der Waals surface area (Å²) >= 11 is 11.4. The van der Waals surface area contributed by atoms with E-state index >= 15 is 0 Å². The van der Waals surface area contributed by atoms with Gasteiger partial charge in [-0.1, -0.05) is 30.1 Å². The summed E-state index contributed by atoms with van der Waals surface area (Å²) in [7, 11) is 0. The molecule has 3 nitrogen and oxygen atoms in total. The number of hydrogen-bond acceptors (Lipinski definition) is 3. The van der Waals surface area contributed by atoms with E-state index in [1.807, 2.05) is 6.92 Å². The minimum Gasteiger partial charge on any atom is -0.330 e. The molecular weight excluding hydrogens is 197 g/mol. The van der Waals surface area contributed by atoms with Crippen molar-refractivity contribution in [2.24, 2.45) is 5.73 Å². The molecule has 0 aliphatic carbocycles. The summed E-state index contributed by atoms with van der Waals surface area (Å²) in [6, 6.07) is 1.69. The Balaban J connectivity index is 3.04. The molecule has 1 heterocycles. The molecule has 1 aromatic rings. The zero-order chi connectivity index (χ0) is 9.14. The number of nitrogens with two attached hydrogens (primary N) is 1. The van der Waals surface area contributed by atoms with Crippen LogP contribution in [0.2, 0.25) is 10.3 Å². The molecule has 0 fully saturated rings. The SMILES string of the molecule is CC(CN)c1cc(Cl)nnc1Cl. The lowest BCUT2D eigenvalue weighted by atomic mass is 10.0. The maximum absolute atomic E-state index is 5.78. The molecular formula is C7H9Cl2N3. The van der Waals surface area contributed by atoms with E-state index in [1.165, 1.54) is 0 Å². The first kappa shape index (κ1) is 9.71. The Bertz CT molecular complexity index is 277. The van der Waals surface area contributed by atoms with Crippen molar-refractivity contribution in [2.45, 2.75) is 12.8 Å². The first-order valence-electron chi connectivity index (χ1n) is 3.54. The fourth-order valence-electron chi connectivity index (χ4n) is 0.839. The van der Waals surface area contributed by atoms with Gasteiger partial charge in [0.05, 0.1) is 0 Å². The van der Waals surface area contributed by atoms with Crippen LogP contribution in [0.3, 0.4) is 0 Å². The van der Waals surface area contributed by atoms with Gasteiger partial charge in [-0.2, -0.15) is 0 Å². The highest BCUT2D eigenvalue weighted by molar-refractivity contribution is 6.31. The molecule has 0 aliphatic heterocycles. The Morgan fingerprint density at radius 2 is 2.17 bits per heavy atom. The van der Waals surface area contributed by atoms with E-state index in [9.17, 15) is 0 Å². The molecule has 0 saturated carbocycles. The monoisotopic (exact) mass is 205 g/mol. The van der Waals surface area contributed by atoms with Crippen molar-refractivity contribution in [3.8, 4) is 0 Å². The molecule has 0 saturated heterocycles. The van der Waals surface area contributed by atoms with E-state index in [-0.39, 0.29) is 5.92 Å². The number of hydrogen-bond donors (Lipinski definition) is 1. The first-order chi connectivity index (χ1) is 5.65. The standard InChI is InChI=1S/C7H9Cl2N3/c1-4(3-10)5-2-6(8)11-12-7(5)9/h2,4H,3,10H2,1H3. The van der Waals surface area contributed by atoms with Crippen LogP contribution >= 0.6 is 23.2 Å². The average molecular weight is 206 g/mol. The van der Waals surface area contributed by atoms with Crippen LogP contribution in [0.5, 0.6) is 0 Å². The van der Waals surface area contributed by atoms with Crippen LogP contribution in [0.25, 0.3) is 0 Å². The fraction of sp³-hybridized carbons (Fsp3) is 0.429. The van der Waals surface area contributed by atoms with Crippen molar-refractivity contribution in [3.05, 3.63) is 21.9 Å². The lowest BCUT2D eigenvalue weighted by Gasteiger charge is -2.08. The molecule has 0 amide bonds. The molecule has 0 spiro atoms. The smallest absolute Gasteiger partial charge is 0.155 e. The summed E-state index contributed by atoms with van der Waals surface area (Å²) in [4.78, 5) is 0. The third kappa shape index (κ3) is 2.06. The highest BCUT2D eigenvalue weighted by Crippen LogP contribution is 2.22. The highest BCUT2D eigenvalue weighted by Gasteiger charge is 2.10. The molecule has 1 unspecified atom stereocenters. The molecule has 1 rings (SSSR count). The Labute approximate surface area is 80.9 Å². The number of nitrogens with zero attached hydrogens (tertiary/aromatic N) is 2. The summed E-state index contributed by atoms with van der Waals surface area (Å²) in [5.41, 5.74) is 6.32. The van der Waals surface area contributed by atoms with Gasteiger partial charge in [-0.3, -0.25) is 0 Å². The zero-order valence-electron chi connectivity index (χ0n) is 6.59. The molecule has 1 aromatic heterocycles. The molecule has 0 bridgehead atoms. The summed E-state index contributed by atoms with van der Waals surface area (Å²) < 4.78 is 0. The van der Waals surface area contributed by atoms with Gasteiger partial charge in [-0.15, -0.1) is 10.2 Å². The molecule has 0 radical (unpaired) electrons. The Morgan fingerprint density at radius 1 is 1.50 bits per heavy atom. The van der Waals surface area contributed by atoms with Crippen molar-refractivity contribution in [3.63, 3.8) is 0 Å². The summed E-state index contributed by atoms with van der Waals surface area (Å²) in [6.45, 7) is 2.47. The molecule has 0 aromatic carbocycles. The van der Waals surface area contributed by atoms with Crippen LogP contribution in [0.15, 0.2) is 6.07 Å². The van der Waals surface area contributed by atoms with Crippen LogP contribution in [0.4, 0.5) is 0 Å². The number of halogens is 2. The Morgan fingerprint density at radius 3 is 2.75 bits per heavy atom. The van der Waals surface area contributed by atoms with Crippen LogP contribution in [0, 0.1) is 0 Å². The van der Waals surface area contributed by atoms with Gasteiger partial charge < -0.3 is 5.73 Å².